The Hall–Kier alpha value is -7.37. The van der Waals surface area contributed by atoms with Gasteiger partial charge in [-0.25, -0.2) is 54.2 Å². The molecule has 29 nitrogen and oxygen atoms in total. The summed E-state index contributed by atoms with van der Waals surface area (Å²) >= 11 is 15.0. The highest BCUT2D eigenvalue weighted by molar-refractivity contribution is 7.18. The van der Waals surface area contributed by atoms with Crippen molar-refractivity contribution in [3.8, 4) is 0 Å². The molecular formula is C63H86Cl2N16O13S2. The first-order chi connectivity index (χ1) is 46.1. The molecule has 8 rings (SSSR count). The maximum atomic E-state index is 12.9. The van der Waals surface area contributed by atoms with Crippen LogP contribution in [0.25, 0.3) is 0 Å². The smallest absolute Gasteiger partial charge is 0.328 e. The van der Waals surface area contributed by atoms with Crippen LogP contribution in [0.2, 0.25) is 10.0 Å². The number of piperazine rings is 2. The minimum Gasteiger partial charge on any atom is -0.463 e. The number of para-hydroxylation sites is 2. The zero-order valence-electron chi connectivity index (χ0n) is 55.4. The van der Waals surface area contributed by atoms with Crippen LogP contribution < -0.4 is 42.1 Å². The van der Waals surface area contributed by atoms with Crippen molar-refractivity contribution in [3.05, 3.63) is 103 Å². The number of aryl methyl sites for hydroxylation is 4. The third-order valence-corrected chi connectivity index (χ3v) is 17.2. The molecular weight excluding hydrogens is 1320 g/mol. The molecule has 522 valence electrons. The van der Waals surface area contributed by atoms with Crippen molar-refractivity contribution in [1.82, 2.24) is 45.0 Å². The second-order valence-electron chi connectivity index (χ2n) is 22.8. The molecule has 96 heavy (non-hydrogen) atoms. The van der Waals surface area contributed by atoms with Crippen LogP contribution >= 0.6 is 45.9 Å². The molecule has 7 N–H and O–H groups in total. The Kier molecular flexibility index (Phi) is 31.0. The summed E-state index contributed by atoms with van der Waals surface area (Å²) in [5, 5.41) is 16.8. The first kappa shape index (κ1) is 76.0. The molecule has 4 aromatic heterocycles. The van der Waals surface area contributed by atoms with E-state index >= 15 is 0 Å². The number of nitrogens with zero attached hydrogens (tertiary/aromatic N) is 10. The van der Waals surface area contributed by atoms with Crippen molar-refractivity contribution in [1.29, 1.82) is 0 Å². The number of esters is 2. The van der Waals surface area contributed by atoms with E-state index in [0.717, 1.165) is 62.0 Å². The van der Waals surface area contributed by atoms with E-state index in [1.807, 2.05) is 91.8 Å². The molecule has 3 amide bonds. The Morgan fingerprint density at radius 1 is 0.573 bits per heavy atom. The molecule has 6 heterocycles. The average Bonchev–Trinajstić information content (AvgIpc) is 2.02. The zero-order chi connectivity index (χ0) is 69.1. The summed E-state index contributed by atoms with van der Waals surface area (Å²) in [4.78, 5) is 119. The average molecular weight is 1410 g/mol. The molecule has 6 aromatic rings. The highest BCUT2D eigenvalue weighted by Gasteiger charge is 2.28. The van der Waals surface area contributed by atoms with Gasteiger partial charge in [0.1, 0.15) is 103 Å². The van der Waals surface area contributed by atoms with E-state index in [4.69, 9.17) is 67.4 Å². The number of anilines is 8. The van der Waals surface area contributed by atoms with Gasteiger partial charge in [0.2, 0.25) is 5.91 Å². The Bertz CT molecular complexity index is 3440. The van der Waals surface area contributed by atoms with E-state index in [-0.39, 0.29) is 69.3 Å². The minimum atomic E-state index is -0.816. The number of carbonyl (C=O) groups is 5. The van der Waals surface area contributed by atoms with Crippen molar-refractivity contribution in [2.45, 2.75) is 67.5 Å². The maximum absolute atomic E-state index is 12.9. The van der Waals surface area contributed by atoms with Gasteiger partial charge in [-0.15, -0.1) is 0 Å². The molecule has 2 atom stereocenters. The number of benzene rings is 2. The molecule has 33 heteroatoms. The highest BCUT2D eigenvalue weighted by atomic mass is 35.5. The monoisotopic (exact) mass is 1410 g/mol. The maximum Gasteiger partial charge on any atom is 0.328 e. The van der Waals surface area contributed by atoms with Gasteiger partial charge >= 0.3 is 11.9 Å². The predicted molar refractivity (Wildman–Crippen MR) is 368 cm³/mol. The fraction of sp³-hybridized carbons (Fsp3) is 0.508. The summed E-state index contributed by atoms with van der Waals surface area (Å²) < 4.78 is 21.1. The Morgan fingerprint density at radius 3 is 1.44 bits per heavy atom. The van der Waals surface area contributed by atoms with Crippen LogP contribution in [-0.2, 0) is 52.9 Å². The zero-order valence-corrected chi connectivity index (χ0v) is 58.6. The number of methoxy groups -OCH3 is 1. The summed E-state index contributed by atoms with van der Waals surface area (Å²) in [5.74, 6) is 1.92. The second kappa shape index (κ2) is 39.1. The van der Waals surface area contributed by atoms with E-state index in [0.29, 0.717) is 111 Å². The first-order valence-corrected chi connectivity index (χ1v) is 33.7. The SMILES string of the molecule is COCCOOCCOOCCOCC(=O)N[C@H](C(=O)OCCN1CCN(c2cc(Nc3ncc(C(=O)Nc4c(C)cccc4Cl)s3)nc(C)n2)CC1)C(C)C.Cc1nc(Nc2ncc(C(=O)Nc3c(C)cccc3Cl)s2)cc(N2CCN(CCOC(=O)[C@@H](N)C(C)C)CC2)n1. The number of thiazole rings is 2. The van der Waals surface area contributed by atoms with Crippen molar-refractivity contribution in [2.24, 2.45) is 17.6 Å². The van der Waals surface area contributed by atoms with Gasteiger partial charge in [-0.2, -0.15) is 0 Å². The molecule has 2 fully saturated rings. The molecule has 2 aromatic carbocycles. The summed E-state index contributed by atoms with van der Waals surface area (Å²) in [6.45, 7) is 23.7. The van der Waals surface area contributed by atoms with E-state index in [1.54, 1.807) is 19.2 Å². The van der Waals surface area contributed by atoms with Gasteiger partial charge in [0.25, 0.3) is 11.8 Å². The Morgan fingerprint density at radius 2 is 1.01 bits per heavy atom. The number of nitrogens with two attached hydrogens (primary N) is 1. The van der Waals surface area contributed by atoms with Crippen LogP contribution in [0.5, 0.6) is 0 Å². The van der Waals surface area contributed by atoms with E-state index in [2.05, 4.69) is 76.1 Å². The number of rotatable bonds is 34. The van der Waals surface area contributed by atoms with Crippen molar-refractivity contribution in [3.63, 3.8) is 0 Å². The lowest BCUT2D eigenvalue weighted by atomic mass is 10.0. The second-order valence-corrected chi connectivity index (χ2v) is 25.7. The van der Waals surface area contributed by atoms with Crippen LogP contribution in [0, 0.1) is 39.5 Å². The van der Waals surface area contributed by atoms with Crippen LogP contribution in [0.4, 0.5) is 44.9 Å². The fourth-order valence-electron chi connectivity index (χ4n) is 9.38. The van der Waals surface area contributed by atoms with E-state index in [1.165, 1.54) is 35.1 Å². The van der Waals surface area contributed by atoms with Gasteiger partial charge in [-0.3, -0.25) is 29.0 Å². The molecule has 2 saturated heterocycles. The Balaban J connectivity index is 0.000000286. The summed E-state index contributed by atoms with van der Waals surface area (Å²) in [6, 6.07) is 13.2. The normalized spacial score (nSPS) is 14.2. The third kappa shape index (κ3) is 24.6. The molecule has 0 aliphatic carbocycles. The third-order valence-electron chi connectivity index (χ3n) is 14.8. The highest BCUT2D eigenvalue weighted by Crippen LogP contribution is 2.31. The van der Waals surface area contributed by atoms with Crippen molar-refractivity contribution in [2.75, 3.05) is 163 Å². The van der Waals surface area contributed by atoms with Crippen molar-refractivity contribution >= 4 is 120 Å². The van der Waals surface area contributed by atoms with Crippen LogP contribution in [0.15, 0.2) is 60.9 Å². The summed E-state index contributed by atoms with van der Waals surface area (Å²) in [6.07, 6.45) is 3.03. The van der Waals surface area contributed by atoms with Gasteiger partial charge in [-0.1, -0.05) is 97.8 Å². The predicted octanol–water partition coefficient (Wildman–Crippen LogP) is 7.41. The molecule has 2 aliphatic heterocycles. The molecule has 0 unspecified atom stereocenters. The van der Waals surface area contributed by atoms with Gasteiger partial charge in [-0.05, 0) is 62.8 Å². The number of nitrogens with one attached hydrogen (secondary N) is 5. The minimum absolute atomic E-state index is 0.0486. The molecule has 0 bridgehead atoms. The number of ether oxygens (including phenoxy) is 4. The molecule has 0 radical (unpaired) electrons. The van der Waals surface area contributed by atoms with Gasteiger partial charge < -0.3 is 61.1 Å². The number of hydrogen-bond acceptors (Lipinski definition) is 28. The number of halogens is 2. The number of carbonyl (C=O) groups excluding carboxylic acids is 5. The standard InChI is InChI=1S/C36H51ClN8O10S.C27H35ClN8O3S/c1-24(2)32(42-31(46)23-50-16-18-53-55-20-19-54-52-17-15-49-5)35(48)51-14-13-44-9-11-45(12-10-44)30-21-29(39-26(4)40-30)41-36-38-22-28(56-36)34(47)43-33-25(3)7-6-8-27(33)37;1-16(2)23(29)26(38)39-13-12-35-8-10-36(11-9-35)22-14-21(31-18(4)32-22)33-27-30-15-20(40-27)25(37)34-24-17(3)6-5-7-19(24)28/h6-8,21-22,24,32H,9-20,23H2,1-5H3,(H,42,46)(H,43,47)(H,38,39,40,41);5-7,14-16,23H,8-13,29H2,1-4H3,(H,34,37)(H,30,31,32,33)/t32-;23-/m00/s1. The fourth-order valence-corrected chi connectivity index (χ4v) is 11.4. The van der Waals surface area contributed by atoms with Crippen LogP contribution in [0.1, 0.15) is 69.8 Å². The number of aromatic nitrogens is 6. The molecule has 0 spiro atoms. The first-order valence-electron chi connectivity index (χ1n) is 31.3. The molecule has 0 saturated carbocycles. The van der Waals surface area contributed by atoms with Gasteiger partial charge in [0.05, 0.1) is 47.0 Å². The Labute approximate surface area is 576 Å². The van der Waals surface area contributed by atoms with E-state index in [9.17, 15) is 24.0 Å². The summed E-state index contributed by atoms with van der Waals surface area (Å²) in [5.41, 5.74) is 8.74. The van der Waals surface area contributed by atoms with Crippen LogP contribution in [0.3, 0.4) is 0 Å². The topological polar surface area (TPSA) is 336 Å². The van der Waals surface area contributed by atoms with E-state index < -0.39 is 24.0 Å². The lowest BCUT2D eigenvalue weighted by molar-refractivity contribution is -0.343. The lowest BCUT2D eigenvalue weighted by Gasteiger charge is -2.35. The number of amides is 3. The summed E-state index contributed by atoms with van der Waals surface area (Å²) in [7, 11) is 1.56. The van der Waals surface area contributed by atoms with Crippen molar-refractivity contribution < 1.29 is 62.5 Å². The van der Waals surface area contributed by atoms with Gasteiger partial charge in [0, 0.05) is 84.7 Å². The van der Waals surface area contributed by atoms with Crippen LogP contribution in [-0.4, -0.2) is 213 Å². The van der Waals surface area contributed by atoms with Gasteiger partial charge in [0.15, 0.2) is 10.3 Å². The lowest BCUT2D eigenvalue weighted by Crippen LogP contribution is -2.49. The largest absolute Gasteiger partial charge is 0.463 e. The quantitative estimate of drug-likeness (QED) is 0.00990. The number of hydrogen-bond donors (Lipinski definition) is 6. The molecule has 2 aliphatic rings.